The third-order valence-corrected chi connectivity index (χ3v) is 2.94. The molecule has 0 aromatic rings. The van der Waals surface area contributed by atoms with Gasteiger partial charge in [0, 0.05) is 0 Å². The lowest BCUT2D eigenvalue weighted by molar-refractivity contribution is -0.154. The van der Waals surface area contributed by atoms with E-state index in [0.29, 0.717) is 0 Å². The lowest BCUT2D eigenvalue weighted by Crippen LogP contribution is -2.23. The molecule has 0 N–H and O–H groups in total. The summed E-state index contributed by atoms with van der Waals surface area (Å²) < 4.78 is 5.51. The van der Waals surface area contributed by atoms with Crippen LogP contribution in [0, 0.1) is 5.92 Å². The predicted molar refractivity (Wildman–Crippen MR) is 63.8 cm³/mol. The highest BCUT2D eigenvalue weighted by molar-refractivity contribution is 5.72. The minimum Gasteiger partial charge on any atom is -0.462 e. The van der Waals surface area contributed by atoms with Gasteiger partial charge in [-0.15, -0.1) is 0 Å². The molecule has 2 nitrogen and oxygen atoms in total. The fourth-order valence-electron chi connectivity index (χ4n) is 1.66. The van der Waals surface area contributed by atoms with E-state index in [2.05, 4.69) is 13.8 Å². The van der Waals surface area contributed by atoms with Gasteiger partial charge in [0.25, 0.3) is 0 Å². The molecular weight excluding hydrogens is 188 g/mol. The first-order valence-corrected chi connectivity index (χ1v) is 6.39. The number of esters is 1. The standard InChI is InChI=1S/C13H26O2/c1-5-9-10-12(8-4)15-13(14)11(6-2)7-3/h11-12H,5-10H2,1-4H3/t12-/m0/s1. The van der Waals surface area contributed by atoms with Crippen molar-refractivity contribution in [1.82, 2.24) is 0 Å². The quantitative estimate of drug-likeness (QED) is 0.572. The van der Waals surface area contributed by atoms with E-state index in [4.69, 9.17) is 4.74 Å². The summed E-state index contributed by atoms with van der Waals surface area (Å²) in [4.78, 5) is 11.7. The first-order chi connectivity index (χ1) is 7.19. The van der Waals surface area contributed by atoms with E-state index in [-0.39, 0.29) is 18.0 Å². The zero-order valence-corrected chi connectivity index (χ0v) is 10.7. The Hall–Kier alpha value is -0.530. The van der Waals surface area contributed by atoms with E-state index in [1.54, 1.807) is 0 Å². The van der Waals surface area contributed by atoms with E-state index >= 15 is 0 Å². The Balaban J connectivity index is 3.98. The average Bonchev–Trinajstić information content (AvgIpc) is 2.25. The summed E-state index contributed by atoms with van der Waals surface area (Å²) in [5.74, 6) is 0.101. The van der Waals surface area contributed by atoms with Crippen LogP contribution in [-0.4, -0.2) is 12.1 Å². The van der Waals surface area contributed by atoms with E-state index in [1.165, 1.54) is 6.42 Å². The molecule has 15 heavy (non-hydrogen) atoms. The van der Waals surface area contributed by atoms with E-state index in [0.717, 1.165) is 32.1 Å². The van der Waals surface area contributed by atoms with Crippen molar-refractivity contribution in [1.29, 1.82) is 0 Å². The molecule has 0 amide bonds. The van der Waals surface area contributed by atoms with Gasteiger partial charge in [0.1, 0.15) is 6.10 Å². The second kappa shape index (κ2) is 8.75. The SMILES string of the molecule is CCCC[C@H](CC)OC(=O)C(CC)CC. The summed E-state index contributed by atoms with van der Waals surface area (Å²) in [7, 11) is 0. The van der Waals surface area contributed by atoms with E-state index < -0.39 is 0 Å². The van der Waals surface area contributed by atoms with Crippen LogP contribution in [0.3, 0.4) is 0 Å². The number of hydrogen-bond acceptors (Lipinski definition) is 2. The number of carbonyl (C=O) groups excluding carboxylic acids is 1. The lowest BCUT2D eigenvalue weighted by atomic mass is 10.0. The fourth-order valence-corrected chi connectivity index (χ4v) is 1.66. The molecule has 0 fully saturated rings. The van der Waals surface area contributed by atoms with Crippen LogP contribution in [0.1, 0.15) is 66.2 Å². The van der Waals surface area contributed by atoms with Gasteiger partial charge in [-0.1, -0.05) is 40.5 Å². The van der Waals surface area contributed by atoms with Gasteiger partial charge in [0.15, 0.2) is 0 Å². The molecule has 0 aliphatic heterocycles. The summed E-state index contributed by atoms with van der Waals surface area (Å²) in [5.41, 5.74) is 0. The number of rotatable bonds is 8. The summed E-state index contributed by atoms with van der Waals surface area (Å²) in [6.45, 7) is 8.33. The van der Waals surface area contributed by atoms with Gasteiger partial charge >= 0.3 is 5.97 Å². The molecule has 0 bridgehead atoms. The van der Waals surface area contributed by atoms with Crippen molar-refractivity contribution in [2.45, 2.75) is 72.3 Å². The van der Waals surface area contributed by atoms with Crippen LogP contribution < -0.4 is 0 Å². The second-order valence-corrected chi connectivity index (χ2v) is 4.12. The van der Waals surface area contributed by atoms with Crippen molar-refractivity contribution >= 4 is 5.97 Å². The van der Waals surface area contributed by atoms with Gasteiger partial charge in [-0.3, -0.25) is 4.79 Å². The number of ether oxygens (including phenoxy) is 1. The van der Waals surface area contributed by atoms with Crippen molar-refractivity contribution in [3.63, 3.8) is 0 Å². The van der Waals surface area contributed by atoms with E-state index in [9.17, 15) is 4.79 Å². The Labute approximate surface area is 94.4 Å². The normalized spacial score (nSPS) is 12.9. The third-order valence-electron chi connectivity index (χ3n) is 2.94. The highest BCUT2D eigenvalue weighted by Gasteiger charge is 2.19. The number of hydrogen-bond donors (Lipinski definition) is 0. The second-order valence-electron chi connectivity index (χ2n) is 4.12. The van der Waals surface area contributed by atoms with Crippen LogP contribution >= 0.6 is 0 Å². The first-order valence-electron chi connectivity index (χ1n) is 6.39. The molecule has 0 aliphatic carbocycles. The molecule has 0 aliphatic rings. The lowest BCUT2D eigenvalue weighted by Gasteiger charge is -2.19. The topological polar surface area (TPSA) is 26.3 Å². The van der Waals surface area contributed by atoms with Gasteiger partial charge < -0.3 is 4.74 Å². The Bertz CT molecular complexity index is 162. The molecule has 90 valence electrons. The van der Waals surface area contributed by atoms with Gasteiger partial charge in [0.05, 0.1) is 5.92 Å². The van der Waals surface area contributed by atoms with Crippen LogP contribution in [0.15, 0.2) is 0 Å². The van der Waals surface area contributed by atoms with Gasteiger partial charge in [-0.05, 0) is 25.7 Å². The average molecular weight is 214 g/mol. The number of unbranched alkanes of at least 4 members (excludes halogenated alkanes) is 1. The molecule has 0 spiro atoms. The van der Waals surface area contributed by atoms with Crippen LogP contribution in [0.5, 0.6) is 0 Å². The Morgan fingerprint density at radius 1 is 1.07 bits per heavy atom. The molecule has 0 saturated heterocycles. The molecule has 0 rings (SSSR count). The third kappa shape index (κ3) is 5.81. The molecule has 0 radical (unpaired) electrons. The predicted octanol–water partition coefficient (Wildman–Crippen LogP) is 3.93. The molecule has 0 heterocycles. The van der Waals surface area contributed by atoms with Crippen LogP contribution in [0.25, 0.3) is 0 Å². The van der Waals surface area contributed by atoms with Gasteiger partial charge in [-0.25, -0.2) is 0 Å². The van der Waals surface area contributed by atoms with E-state index in [1.807, 2.05) is 13.8 Å². The van der Waals surface area contributed by atoms with Crippen LogP contribution in [0.4, 0.5) is 0 Å². The zero-order valence-electron chi connectivity index (χ0n) is 10.7. The number of carbonyl (C=O) groups is 1. The van der Waals surface area contributed by atoms with Crippen molar-refractivity contribution in [3.8, 4) is 0 Å². The zero-order chi connectivity index (χ0) is 11.7. The van der Waals surface area contributed by atoms with Crippen molar-refractivity contribution in [2.24, 2.45) is 5.92 Å². The highest BCUT2D eigenvalue weighted by atomic mass is 16.5. The Morgan fingerprint density at radius 3 is 2.07 bits per heavy atom. The summed E-state index contributed by atoms with van der Waals surface area (Å²) in [6, 6.07) is 0. The van der Waals surface area contributed by atoms with Crippen molar-refractivity contribution < 1.29 is 9.53 Å². The Morgan fingerprint density at radius 2 is 1.67 bits per heavy atom. The van der Waals surface area contributed by atoms with Crippen molar-refractivity contribution in [2.75, 3.05) is 0 Å². The monoisotopic (exact) mass is 214 g/mol. The van der Waals surface area contributed by atoms with Crippen molar-refractivity contribution in [3.05, 3.63) is 0 Å². The maximum atomic E-state index is 11.7. The van der Waals surface area contributed by atoms with Crippen LogP contribution in [-0.2, 0) is 9.53 Å². The van der Waals surface area contributed by atoms with Gasteiger partial charge in [-0.2, -0.15) is 0 Å². The summed E-state index contributed by atoms with van der Waals surface area (Å²) >= 11 is 0. The highest BCUT2D eigenvalue weighted by Crippen LogP contribution is 2.15. The fraction of sp³-hybridized carbons (Fsp3) is 0.923. The van der Waals surface area contributed by atoms with Gasteiger partial charge in [0.2, 0.25) is 0 Å². The molecule has 1 atom stereocenters. The minimum absolute atomic E-state index is 0.00273. The molecule has 0 saturated carbocycles. The largest absolute Gasteiger partial charge is 0.462 e. The maximum absolute atomic E-state index is 11.7. The molecule has 0 unspecified atom stereocenters. The Kier molecular flexibility index (Phi) is 8.44. The molecular formula is C13H26O2. The molecule has 2 heteroatoms. The minimum atomic E-state index is 0.00273. The molecule has 0 aromatic heterocycles. The first kappa shape index (κ1) is 14.5. The maximum Gasteiger partial charge on any atom is 0.309 e. The molecule has 0 aromatic carbocycles. The van der Waals surface area contributed by atoms with Crippen LogP contribution in [0.2, 0.25) is 0 Å². The summed E-state index contributed by atoms with van der Waals surface area (Å²) in [5, 5.41) is 0. The smallest absolute Gasteiger partial charge is 0.309 e. The summed E-state index contributed by atoms with van der Waals surface area (Å²) in [6.07, 6.45) is 6.18.